The lowest BCUT2D eigenvalue weighted by Gasteiger charge is -2.11. The average Bonchev–Trinajstić information content (AvgIpc) is 2.56. The van der Waals surface area contributed by atoms with Gasteiger partial charge in [0.05, 0.1) is 23.7 Å². The second kappa shape index (κ2) is 2.78. The highest BCUT2D eigenvalue weighted by Gasteiger charge is 2.37. The Labute approximate surface area is 75.1 Å². The highest BCUT2D eigenvalue weighted by atomic mass is 32.2. The van der Waals surface area contributed by atoms with Crippen LogP contribution < -0.4 is 0 Å². The van der Waals surface area contributed by atoms with Crippen molar-refractivity contribution in [1.29, 1.82) is 0 Å². The fourth-order valence-electron chi connectivity index (χ4n) is 1.45. The van der Waals surface area contributed by atoms with Crippen molar-refractivity contribution in [3.63, 3.8) is 0 Å². The molecule has 0 saturated carbocycles. The molecule has 1 N–H and O–H groups in total. The van der Waals surface area contributed by atoms with Crippen LogP contribution in [0.1, 0.15) is 6.04 Å². The molecule has 1 saturated heterocycles. The van der Waals surface area contributed by atoms with Gasteiger partial charge in [0.25, 0.3) is 0 Å². The molecule has 72 valence electrons. The van der Waals surface area contributed by atoms with Gasteiger partial charge in [0.15, 0.2) is 9.84 Å². The lowest BCUT2D eigenvalue weighted by molar-refractivity contribution is 0.146. The van der Waals surface area contributed by atoms with Crippen LogP contribution >= 0.6 is 0 Å². The maximum atomic E-state index is 11.1. The van der Waals surface area contributed by atoms with E-state index in [2.05, 4.69) is 10.1 Å². The highest BCUT2D eigenvalue weighted by Crippen LogP contribution is 2.22. The molecule has 1 aliphatic heterocycles. The summed E-state index contributed by atoms with van der Waals surface area (Å²) in [7, 11) is -3.11. The van der Waals surface area contributed by atoms with Crippen LogP contribution in [0, 0.1) is 0 Å². The van der Waals surface area contributed by atoms with Crippen LogP contribution in [0.3, 0.4) is 0 Å². The molecule has 7 heteroatoms. The number of aliphatic hydroxyl groups excluding tert-OH is 1. The van der Waals surface area contributed by atoms with E-state index < -0.39 is 22.0 Å². The van der Waals surface area contributed by atoms with Crippen molar-refractivity contribution in [2.24, 2.45) is 0 Å². The third-order valence-electron chi connectivity index (χ3n) is 2.07. The van der Waals surface area contributed by atoms with Gasteiger partial charge in [0.2, 0.25) is 0 Å². The van der Waals surface area contributed by atoms with E-state index in [1.165, 1.54) is 17.3 Å². The number of hydrogen-bond acceptors (Lipinski definition) is 5. The summed E-state index contributed by atoms with van der Waals surface area (Å²) >= 11 is 0. The van der Waals surface area contributed by atoms with Gasteiger partial charge in [0, 0.05) is 0 Å². The second-order valence-corrected chi connectivity index (χ2v) is 5.24. The minimum absolute atomic E-state index is 0.0580. The molecule has 0 amide bonds. The predicted octanol–water partition coefficient (Wildman–Crippen LogP) is -1.39. The lowest BCUT2D eigenvalue weighted by Crippen LogP contribution is -2.22. The predicted molar refractivity (Wildman–Crippen MR) is 43.7 cm³/mol. The van der Waals surface area contributed by atoms with Crippen molar-refractivity contribution in [3.8, 4) is 0 Å². The van der Waals surface area contributed by atoms with E-state index in [0.29, 0.717) is 0 Å². The van der Waals surface area contributed by atoms with E-state index in [1.54, 1.807) is 0 Å². The zero-order valence-electron chi connectivity index (χ0n) is 6.74. The molecule has 1 aromatic rings. The van der Waals surface area contributed by atoms with Gasteiger partial charge in [-0.2, -0.15) is 5.10 Å². The maximum absolute atomic E-state index is 11.1. The summed E-state index contributed by atoms with van der Waals surface area (Å²) in [5.41, 5.74) is 0. The van der Waals surface area contributed by atoms with Gasteiger partial charge in [-0.3, -0.25) is 0 Å². The first kappa shape index (κ1) is 8.64. The molecule has 0 bridgehead atoms. The Morgan fingerprint density at radius 2 is 2.23 bits per heavy atom. The largest absolute Gasteiger partial charge is 0.390 e. The Hall–Kier alpha value is -0.950. The van der Waals surface area contributed by atoms with Crippen molar-refractivity contribution < 1.29 is 13.5 Å². The molecule has 0 aromatic carbocycles. The Bertz CT molecular complexity index is 385. The number of aliphatic hydroxyl groups is 1. The Kier molecular flexibility index (Phi) is 1.85. The maximum Gasteiger partial charge on any atom is 0.155 e. The molecular formula is C6H9N3O3S. The summed E-state index contributed by atoms with van der Waals surface area (Å²) in [5.74, 6) is -0.241. The van der Waals surface area contributed by atoms with E-state index >= 15 is 0 Å². The highest BCUT2D eigenvalue weighted by molar-refractivity contribution is 7.91. The van der Waals surface area contributed by atoms with Crippen LogP contribution in [-0.4, -0.2) is 45.9 Å². The number of nitrogens with zero attached hydrogens (tertiary/aromatic N) is 3. The molecule has 0 aliphatic carbocycles. The first-order chi connectivity index (χ1) is 6.08. The van der Waals surface area contributed by atoms with Crippen molar-refractivity contribution in [1.82, 2.24) is 14.8 Å². The van der Waals surface area contributed by atoms with E-state index in [-0.39, 0.29) is 11.5 Å². The Balaban J connectivity index is 2.28. The minimum Gasteiger partial charge on any atom is -0.390 e. The molecule has 2 atom stereocenters. The van der Waals surface area contributed by atoms with Crippen LogP contribution in [0.4, 0.5) is 0 Å². The number of rotatable bonds is 1. The molecule has 13 heavy (non-hydrogen) atoms. The lowest BCUT2D eigenvalue weighted by atomic mass is 10.2. The molecular weight excluding hydrogens is 194 g/mol. The van der Waals surface area contributed by atoms with Crippen LogP contribution in [0.2, 0.25) is 0 Å². The van der Waals surface area contributed by atoms with Crippen LogP contribution in [-0.2, 0) is 9.84 Å². The van der Waals surface area contributed by atoms with Crippen molar-refractivity contribution >= 4 is 9.84 Å². The van der Waals surface area contributed by atoms with Gasteiger partial charge < -0.3 is 5.11 Å². The summed E-state index contributed by atoms with van der Waals surface area (Å²) in [6.45, 7) is 0. The van der Waals surface area contributed by atoms with Crippen LogP contribution in [0.25, 0.3) is 0 Å². The number of sulfone groups is 1. The van der Waals surface area contributed by atoms with E-state index in [4.69, 9.17) is 0 Å². The normalized spacial score (nSPS) is 32.1. The standard InChI is InChI=1S/C6H9N3O3S/c10-6-2-13(11,12)1-5(6)9-4-7-3-8-9/h3-6,10H,1-2H2. The molecule has 6 nitrogen and oxygen atoms in total. The van der Waals surface area contributed by atoms with Gasteiger partial charge in [-0.25, -0.2) is 18.1 Å². The zero-order valence-corrected chi connectivity index (χ0v) is 7.55. The average molecular weight is 203 g/mol. The number of aromatic nitrogens is 3. The van der Waals surface area contributed by atoms with Crippen molar-refractivity contribution in [3.05, 3.63) is 12.7 Å². The van der Waals surface area contributed by atoms with Gasteiger partial charge >= 0.3 is 0 Å². The molecule has 1 fully saturated rings. The molecule has 0 spiro atoms. The molecule has 1 aliphatic rings. The second-order valence-electron chi connectivity index (χ2n) is 3.09. The van der Waals surface area contributed by atoms with Gasteiger partial charge in [-0.15, -0.1) is 0 Å². The fourth-order valence-corrected chi connectivity index (χ4v) is 3.23. The van der Waals surface area contributed by atoms with E-state index in [1.807, 2.05) is 0 Å². The van der Waals surface area contributed by atoms with E-state index in [9.17, 15) is 13.5 Å². The Morgan fingerprint density at radius 1 is 1.46 bits per heavy atom. The SMILES string of the molecule is O=S1(=O)CC(O)C(n2cncn2)C1. The quantitative estimate of drug-likeness (QED) is 0.607. The van der Waals surface area contributed by atoms with Crippen molar-refractivity contribution in [2.45, 2.75) is 12.1 Å². The summed E-state index contributed by atoms with van der Waals surface area (Å²) in [6.07, 6.45) is 1.86. The summed E-state index contributed by atoms with van der Waals surface area (Å²) in [6, 6.07) is -0.479. The summed E-state index contributed by atoms with van der Waals surface area (Å²) in [5, 5.41) is 13.2. The van der Waals surface area contributed by atoms with Gasteiger partial charge in [0.1, 0.15) is 12.7 Å². The van der Waals surface area contributed by atoms with Crippen molar-refractivity contribution in [2.75, 3.05) is 11.5 Å². The van der Waals surface area contributed by atoms with Crippen LogP contribution in [0.15, 0.2) is 12.7 Å². The fraction of sp³-hybridized carbons (Fsp3) is 0.667. The van der Waals surface area contributed by atoms with Gasteiger partial charge in [-0.1, -0.05) is 0 Å². The van der Waals surface area contributed by atoms with Crippen LogP contribution in [0.5, 0.6) is 0 Å². The third kappa shape index (κ3) is 1.56. The zero-order chi connectivity index (χ0) is 9.47. The minimum atomic E-state index is -3.11. The molecule has 2 heterocycles. The smallest absolute Gasteiger partial charge is 0.155 e. The first-order valence-corrected chi connectivity index (χ1v) is 5.63. The topological polar surface area (TPSA) is 85.1 Å². The van der Waals surface area contributed by atoms with Gasteiger partial charge in [-0.05, 0) is 0 Å². The molecule has 0 radical (unpaired) electrons. The molecule has 1 aromatic heterocycles. The number of hydrogen-bond donors (Lipinski definition) is 1. The summed E-state index contributed by atoms with van der Waals surface area (Å²) < 4.78 is 23.6. The third-order valence-corrected chi connectivity index (χ3v) is 3.77. The molecule has 2 rings (SSSR count). The monoisotopic (exact) mass is 203 g/mol. The molecule has 2 unspecified atom stereocenters. The van der Waals surface area contributed by atoms with E-state index in [0.717, 1.165) is 0 Å². The Morgan fingerprint density at radius 3 is 2.69 bits per heavy atom. The summed E-state index contributed by atoms with van der Waals surface area (Å²) in [4.78, 5) is 3.69. The first-order valence-electron chi connectivity index (χ1n) is 3.81.